The van der Waals surface area contributed by atoms with Crippen molar-refractivity contribution >= 4 is 23.5 Å². The number of anilines is 2. The van der Waals surface area contributed by atoms with Crippen molar-refractivity contribution in [1.82, 2.24) is 9.88 Å². The zero-order valence-corrected chi connectivity index (χ0v) is 19.0. The summed E-state index contributed by atoms with van der Waals surface area (Å²) in [5.74, 6) is 1.78. The third-order valence-electron chi connectivity index (χ3n) is 6.79. The molecule has 2 aromatic rings. The number of hydrogen-bond acceptors (Lipinski definition) is 5. The highest BCUT2D eigenvalue weighted by molar-refractivity contribution is 5.97. The number of piperazine rings is 1. The van der Waals surface area contributed by atoms with Gasteiger partial charge < -0.3 is 14.5 Å². The van der Waals surface area contributed by atoms with Gasteiger partial charge in [0, 0.05) is 43.6 Å². The van der Waals surface area contributed by atoms with Crippen LogP contribution in [0.3, 0.4) is 0 Å². The SMILES string of the molecule is Cc1cc(N2C(=O)OC[C@H]2C)ccc1C(=O)N1CCN(c2ncc(C3CC3)cc2C)CC1. The summed E-state index contributed by atoms with van der Waals surface area (Å²) in [6.45, 7) is 9.28. The number of pyridine rings is 1. The van der Waals surface area contributed by atoms with E-state index in [1.54, 1.807) is 4.90 Å². The molecule has 7 nitrogen and oxygen atoms in total. The molecule has 1 aliphatic carbocycles. The minimum absolute atomic E-state index is 0.00747. The van der Waals surface area contributed by atoms with Crippen LogP contribution < -0.4 is 9.80 Å². The Balaban J connectivity index is 1.25. The van der Waals surface area contributed by atoms with Crippen LogP contribution in [0, 0.1) is 13.8 Å². The number of carbonyl (C=O) groups is 2. The fraction of sp³-hybridized carbons (Fsp3) is 0.480. The molecule has 0 N–H and O–H groups in total. The Morgan fingerprint density at radius 3 is 2.41 bits per heavy atom. The van der Waals surface area contributed by atoms with Gasteiger partial charge in [-0.3, -0.25) is 9.69 Å². The Labute approximate surface area is 189 Å². The van der Waals surface area contributed by atoms with Gasteiger partial charge in [0.2, 0.25) is 0 Å². The van der Waals surface area contributed by atoms with E-state index in [9.17, 15) is 9.59 Å². The Bertz CT molecular complexity index is 1060. The van der Waals surface area contributed by atoms with Crippen LogP contribution >= 0.6 is 0 Å². The second kappa shape index (κ2) is 8.11. The van der Waals surface area contributed by atoms with Gasteiger partial charge in [-0.2, -0.15) is 0 Å². The highest BCUT2D eigenvalue weighted by Gasteiger charge is 2.32. The lowest BCUT2D eigenvalue weighted by Crippen LogP contribution is -2.49. The van der Waals surface area contributed by atoms with Gasteiger partial charge in [-0.15, -0.1) is 0 Å². The molecule has 3 heterocycles. The van der Waals surface area contributed by atoms with Crippen LogP contribution in [0.15, 0.2) is 30.5 Å². The van der Waals surface area contributed by atoms with Crippen molar-refractivity contribution in [1.29, 1.82) is 0 Å². The van der Waals surface area contributed by atoms with E-state index in [0.29, 0.717) is 31.2 Å². The summed E-state index contributed by atoms with van der Waals surface area (Å²) in [7, 11) is 0. The number of ether oxygens (including phenoxy) is 1. The number of amides is 2. The molecule has 1 saturated carbocycles. The lowest BCUT2D eigenvalue weighted by molar-refractivity contribution is 0.0746. The van der Waals surface area contributed by atoms with Crippen LogP contribution in [0.2, 0.25) is 0 Å². The van der Waals surface area contributed by atoms with Crippen LogP contribution in [0.25, 0.3) is 0 Å². The maximum absolute atomic E-state index is 13.2. The molecule has 3 fully saturated rings. The number of hydrogen-bond donors (Lipinski definition) is 0. The van der Waals surface area contributed by atoms with E-state index in [1.807, 2.05) is 43.1 Å². The number of benzene rings is 1. The van der Waals surface area contributed by atoms with E-state index >= 15 is 0 Å². The second-order valence-electron chi connectivity index (χ2n) is 9.26. The molecule has 2 amide bonds. The van der Waals surface area contributed by atoms with Gasteiger partial charge >= 0.3 is 6.09 Å². The molecule has 1 aromatic heterocycles. The van der Waals surface area contributed by atoms with E-state index in [2.05, 4.69) is 17.9 Å². The third kappa shape index (κ3) is 3.80. The molecule has 0 bridgehead atoms. The standard InChI is InChI=1S/C25H30N4O3/c1-16-13-21(29-18(3)15-32-25(29)31)6-7-22(16)24(30)28-10-8-27(9-11-28)23-17(2)12-20(14-26-23)19-4-5-19/h6-7,12-14,18-19H,4-5,8-11,15H2,1-3H3/t18-/m1/s1. The fourth-order valence-electron chi connectivity index (χ4n) is 4.77. The highest BCUT2D eigenvalue weighted by Crippen LogP contribution is 2.40. The molecule has 3 aliphatic rings. The monoisotopic (exact) mass is 434 g/mol. The minimum atomic E-state index is -0.332. The van der Waals surface area contributed by atoms with Crippen molar-refractivity contribution in [3.8, 4) is 0 Å². The molecule has 168 valence electrons. The number of aromatic nitrogens is 1. The summed E-state index contributed by atoms with van der Waals surface area (Å²) < 4.78 is 5.12. The Kier molecular flexibility index (Phi) is 5.27. The first-order valence-corrected chi connectivity index (χ1v) is 11.5. The molecular formula is C25H30N4O3. The second-order valence-corrected chi connectivity index (χ2v) is 9.26. The molecule has 7 heteroatoms. The summed E-state index contributed by atoms with van der Waals surface area (Å²) in [6.07, 6.45) is 4.26. The maximum atomic E-state index is 13.2. The van der Waals surface area contributed by atoms with Gasteiger partial charge in [0.15, 0.2) is 0 Å². The fourth-order valence-corrected chi connectivity index (χ4v) is 4.77. The predicted octanol–water partition coefficient (Wildman–Crippen LogP) is 3.88. The summed E-state index contributed by atoms with van der Waals surface area (Å²) in [6, 6.07) is 7.85. The molecule has 0 radical (unpaired) electrons. The Morgan fingerprint density at radius 1 is 1.06 bits per heavy atom. The van der Waals surface area contributed by atoms with Gasteiger partial charge in [-0.1, -0.05) is 6.07 Å². The van der Waals surface area contributed by atoms with Crippen molar-refractivity contribution < 1.29 is 14.3 Å². The quantitative estimate of drug-likeness (QED) is 0.731. The molecule has 0 unspecified atom stereocenters. The number of nitrogens with zero attached hydrogens (tertiary/aromatic N) is 4. The average Bonchev–Trinajstić information content (AvgIpc) is 3.58. The van der Waals surface area contributed by atoms with Crippen molar-refractivity contribution in [2.45, 2.75) is 45.6 Å². The van der Waals surface area contributed by atoms with Gasteiger partial charge in [-0.05, 0) is 74.4 Å². The molecule has 2 saturated heterocycles. The van der Waals surface area contributed by atoms with Gasteiger partial charge in [0.05, 0.1) is 6.04 Å². The van der Waals surface area contributed by atoms with Gasteiger partial charge in [0.1, 0.15) is 12.4 Å². The van der Waals surface area contributed by atoms with E-state index in [1.165, 1.54) is 24.0 Å². The average molecular weight is 435 g/mol. The zero-order chi connectivity index (χ0) is 22.4. The van der Waals surface area contributed by atoms with Crippen LogP contribution in [-0.2, 0) is 4.74 Å². The summed E-state index contributed by atoms with van der Waals surface area (Å²) >= 11 is 0. The normalized spacial score (nSPS) is 21.2. The topological polar surface area (TPSA) is 66.0 Å². The Hall–Kier alpha value is -3.09. The molecule has 1 atom stereocenters. The van der Waals surface area contributed by atoms with E-state index < -0.39 is 0 Å². The van der Waals surface area contributed by atoms with Crippen LogP contribution in [0.4, 0.5) is 16.3 Å². The summed E-state index contributed by atoms with van der Waals surface area (Å²) in [5.41, 5.74) is 4.90. The predicted molar refractivity (Wildman–Crippen MR) is 124 cm³/mol. The van der Waals surface area contributed by atoms with Crippen molar-refractivity contribution in [3.05, 3.63) is 52.7 Å². The van der Waals surface area contributed by atoms with Crippen molar-refractivity contribution in [3.63, 3.8) is 0 Å². The smallest absolute Gasteiger partial charge is 0.414 e. The van der Waals surface area contributed by atoms with Crippen molar-refractivity contribution in [2.75, 3.05) is 42.6 Å². The van der Waals surface area contributed by atoms with E-state index in [-0.39, 0.29) is 18.0 Å². The highest BCUT2D eigenvalue weighted by atomic mass is 16.6. The van der Waals surface area contributed by atoms with Crippen LogP contribution in [0.5, 0.6) is 0 Å². The lowest BCUT2D eigenvalue weighted by atomic mass is 10.0. The van der Waals surface area contributed by atoms with Crippen LogP contribution in [-0.4, -0.2) is 60.7 Å². The van der Waals surface area contributed by atoms with E-state index in [4.69, 9.17) is 9.72 Å². The summed E-state index contributed by atoms with van der Waals surface area (Å²) in [4.78, 5) is 35.8. The number of cyclic esters (lactones) is 1. The first-order chi connectivity index (χ1) is 15.4. The molecule has 32 heavy (non-hydrogen) atoms. The number of carbonyl (C=O) groups excluding carboxylic acids is 2. The lowest BCUT2D eigenvalue weighted by Gasteiger charge is -2.36. The molecular weight excluding hydrogens is 404 g/mol. The molecule has 2 aliphatic heterocycles. The first-order valence-electron chi connectivity index (χ1n) is 11.5. The molecule has 0 spiro atoms. The number of aryl methyl sites for hydroxylation is 2. The minimum Gasteiger partial charge on any atom is -0.447 e. The van der Waals surface area contributed by atoms with Crippen LogP contribution in [0.1, 0.15) is 52.7 Å². The number of rotatable bonds is 4. The largest absolute Gasteiger partial charge is 0.447 e. The van der Waals surface area contributed by atoms with Gasteiger partial charge in [0.25, 0.3) is 5.91 Å². The van der Waals surface area contributed by atoms with Gasteiger partial charge in [-0.25, -0.2) is 9.78 Å². The van der Waals surface area contributed by atoms with Crippen molar-refractivity contribution in [2.24, 2.45) is 0 Å². The first kappa shape index (κ1) is 20.8. The summed E-state index contributed by atoms with van der Waals surface area (Å²) in [5, 5.41) is 0. The maximum Gasteiger partial charge on any atom is 0.414 e. The Morgan fingerprint density at radius 2 is 1.81 bits per heavy atom. The van der Waals surface area contributed by atoms with E-state index in [0.717, 1.165) is 30.2 Å². The molecule has 5 rings (SSSR count). The zero-order valence-electron chi connectivity index (χ0n) is 19.0. The third-order valence-corrected chi connectivity index (χ3v) is 6.79. The molecule has 1 aromatic carbocycles.